The van der Waals surface area contributed by atoms with Gasteiger partial charge in [-0.3, -0.25) is 19.2 Å². The van der Waals surface area contributed by atoms with Gasteiger partial charge < -0.3 is 36.9 Å². The van der Waals surface area contributed by atoms with Crippen LogP contribution in [-0.4, -0.2) is 81.0 Å². The molecule has 0 bridgehead atoms. The van der Waals surface area contributed by atoms with Gasteiger partial charge in [0.15, 0.2) is 0 Å². The molecule has 0 saturated carbocycles. The third-order valence-corrected chi connectivity index (χ3v) is 6.58. The predicted octanol–water partition coefficient (Wildman–Crippen LogP) is 0.461. The number of thioether (sulfide) groups is 1. The molecular weight excluding hydrogens is 514 g/mol. The number of carbonyl (C=O) groups is 5. The second kappa shape index (κ2) is 14.4. The Bertz CT molecular complexity index is 1150. The van der Waals surface area contributed by atoms with Gasteiger partial charge in [-0.15, -0.1) is 0 Å². The van der Waals surface area contributed by atoms with Crippen molar-refractivity contribution in [2.45, 2.75) is 57.3 Å². The first-order valence-corrected chi connectivity index (χ1v) is 13.5. The van der Waals surface area contributed by atoms with E-state index in [-0.39, 0.29) is 12.8 Å². The van der Waals surface area contributed by atoms with Gasteiger partial charge >= 0.3 is 11.9 Å². The van der Waals surface area contributed by atoms with Crippen LogP contribution in [0.4, 0.5) is 0 Å². The Morgan fingerprint density at radius 1 is 0.974 bits per heavy atom. The standard InChI is InChI=1S/C25H35N5O7S/c1-13(2)21(25(36)37)30-24(35)19(11-20(31)32)29-23(34)18(8-9-38-3)28-22(33)16(26)10-14-12-27-17-7-5-4-6-15(14)17/h4-7,12-13,16,18-19,21,27H,8-11,26H2,1-3H3,(H,28,33)(H,29,34)(H,30,35)(H,31,32)(H,36,37). The van der Waals surface area contributed by atoms with Crippen LogP contribution in [-0.2, 0) is 30.4 Å². The van der Waals surface area contributed by atoms with E-state index in [9.17, 15) is 34.2 Å². The molecule has 2 aromatic rings. The fourth-order valence-electron chi connectivity index (χ4n) is 3.84. The minimum absolute atomic E-state index is 0.198. The number of aromatic nitrogens is 1. The molecular formula is C25H35N5O7S. The van der Waals surface area contributed by atoms with E-state index >= 15 is 0 Å². The van der Waals surface area contributed by atoms with E-state index in [1.807, 2.05) is 30.5 Å². The Hall–Kier alpha value is -3.58. The first kappa shape index (κ1) is 30.6. The summed E-state index contributed by atoms with van der Waals surface area (Å²) in [4.78, 5) is 64.6. The van der Waals surface area contributed by atoms with Crippen LogP contribution < -0.4 is 21.7 Å². The molecule has 1 aromatic heterocycles. The number of nitrogens with one attached hydrogen (secondary N) is 4. The molecule has 12 nitrogen and oxygen atoms in total. The van der Waals surface area contributed by atoms with Crippen molar-refractivity contribution in [2.24, 2.45) is 11.7 Å². The van der Waals surface area contributed by atoms with E-state index in [0.717, 1.165) is 16.5 Å². The Kier molecular flexibility index (Phi) is 11.6. The highest BCUT2D eigenvalue weighted by atomic mass is 32.2. The number of para-hydroxylation sites is 1. The summed E-state index contributed by atoms with van der Waals surface area (Å²) in [5, 5.41) is 26.8. The summed E-state index contributed by atoms with van der Waals surface area (Å²) >= 11 is 1.43. The van der Waals surface area contributed by atoms with Gasteiger partial charge in [-0.25, -0.2) is 4.79 Å². The van der Waals surface area contributed by atoms with Crippen LogP contribution in [0.1, 0.15) is 32.3 Å². The highest BCUT2D eigenvalue weighted by molar-refractivity contribution is 7.98. The van der Waals surface area contributed by atoms with Crippen molar-refractivity contribution in [3.8, 4) is 0 Å². The third kappa shape index (κ3) is 8.77. The molecule has 0 aliphatic rings. The van der Waals surface area contributed by atoms with Crippen LogP contribution in [0.15, 0.2) is 30.5 Å². The Labute approximate surface area is 224 Å². The van der Waals surface area contributed by atoms with Gasteiger partial charge in [-0.2, -0.15) is 11.8 Å². The maximum Gasteiger partial charge on any atom is 0.326 e. The number of nitrogens with two attached hydrogens (primary N) is 1. The normalized spacial score (nSPS) is 14.3. The van der Waals surface area contributed by atoms with Crippen LogP contribution >= 0.6 is 11.8 Å². The zero-order valence-electron chi connectivity index (χ0n) is 21.5. The van der Waals surface area contributed by atoms with Gasteiger partial charge in [0.25, 0.3) is 0 Å². The van der Waals surface area contributed by atoms with Crippen LogP contribution in [0, 0.1) is 5.92 Å². The summed E-state index contributed by atoms with van der Waals surface area (Å²) in [6.07, 6.45) is 3.22. The number of fused-ring (bicyclic) bond motifs is 1. The highest BCUT2D eigenvalue weighted by Gasteiger charge is 2.32. The van der Waals surface area contributed by atoms with Crippen molar-refractivity contribution < 1.29 is 34.2 Å². The molecule has 4 atom stereocenters. The van der Waals surface area contributed by atoms with Crippen molar-refractivity contribution in [2.75, 3.05) is 12.0 Å². The van der Waals surface area contributed by atoms with Crippen molar-refractivity contribution in [1.82, 2.24) is 20.9 Å². The van der Waals surface area contributed by atoms with Crippen LogP contribution in [0.2, 0.25) is 0 Å². The van der Waals surface area contributed by atoms with Gasteiger partial charge in [0.2, 0.25) is 17.7 Å². The topological polar surface area (TPSA) is 204 Å². The van der Waals surface area contributed by atoms with Gasteiger partial charge in [0.05, 0.1) is 12.5 Å². The van der Waals surface area contributed by atoms with E-state index in [1.54, 1.807) is 20.0 Å². The smallest absolute Gasteiger partial charge is 0.326 e. The van der Waals surface area contributed by atoms with E-state index in [2.05, 4.69) is 20.9 Å². The van der Waals surface area contributed by atoms with Crippen LogP contribution in [0.25, 0.3) is 10.9 Å². The molecule has 2 rings (SSSR count). The SMILES string of the molecule is CSCCC(NC(=O)C(N)Cc1c[nH]c2ccccc12)C(=O)NC(CC(=O)O)C(=O)NC(C(=O)O)C(C)C. The molecule has 8 N–H and O–H groups in total. The molecule has 0 fully saturated rings. The monoisotopic (exact) mass is 549 g/mol. The van der Waals surface area contributed by atoms with E-state index in [4.69, 9.17) is 5.73 Å². The minimum Gasteiger partial charge on any atom is -0.481 e. The summed E-state index contributed by atoms with van der Waals surface area (Å²) in [5.74, 6) is -4.96. The first-order valence-electron chi connectivity index (χ1n) is 12.1. The Morgan fingerprint density at radius 3 is 2.21 bits per heavy atom. The van der Waals surface area contributed by atoms with E-state index in [0.29, 0.717) is 5.75 Å². The largest absolute Gasteiger partial charge is 0.481 e. The number of aromatic amines is 1. The molecule has 38 heavy (non-hydrogen) atoms. The van der Waals surface area contributed by atoms with Crippen molar-refractivity contribution in [3.63, 3.8) is 0 Å². The Balaban J connectivity index is 2.13. The van der Waals surface area contributed by atoms with Gasteiger partial charge in [0.1, 0.15) is 18.1 Å². The third-order valence-electron chi connectivity index (χ3n) is 5.94. The number of carboxylic acids is 2. The lowest BCUT2D eigenvalue weighted by Gasteiger charge is -2.25. The zero-order chi connectivity index (χ0) is 28.4. The summed E-state index contributed by atoms with van der Waals surface area (Å²) in [5.41, 5.74) is 7.88. The summed E-state index contributed by atoms with van der Waals surface area (Å²) in [7, 11) is 0. The van der Waals surface area contributed by atoms with Crippen molar-refractivity contribution in [3.05, 3.63) is 36.0 Å². The quantitative estimate of drug-likeness (QED) is 0.165. The summed E-state index contributed by atoms with van der Waals surface area (Å²) < 4.78 is 0. The lowest BCUT2D eigenvalue weighted by atomic mass is 10.0. The molecule has 13 heteroatoms. The number of H-pyrrole nitrogens is 1. The predicted molar refractivity (Wildman–Crippen MR) is 143 cm³/mol. The summed E-state index contributed by atoms with van der Waals surface area (Å²) in [6.45, 7) is 3.16. The second-order valence-electron chi connectivity index (χ2n) is 9.24. The molecule has 0 spiro atoms. The molecule has 208 valence electrons. The van der Waals surface area contributed by atoms with E-state index in [1.165, 1.54) is 11.8 Å². The van der Waals surface area contributed by atoms with Gasteiger partial charge in [-0.05, 0) is 42.4 Å². The molecule has 3 amide bonds. The lowest BCUT2D eigenvalue weighted by Crippen LogP contribution is -2.58. The minimum atomic E-state index is -1.55. The second-order valence-corrected chi connectivity index (χ2v) is 10.2. The number of rotatable bonds is 15. The van der Waals surface area contributed by atoms with E-state index < -0.39 is 66.2 Å². The number of aliphatic carboxylic acids is 2. The number of hydrogen-bond acceptors (Lipinski definition) is 7. The van der Waals surface area contributed by atoms with Gasteiger partial charge in [-0.1, -0.05) is 32.0 Å². The van der Waals surface area contributed by atoms with Gasteiger partial charge in [0, 0.05) is 17.1 Å². The van der Waals surface area contributed by atoms with Crippen LogP contribution in [0.3, 0.4) is 0 Å². The number of carbonyl (C=O) groups excluding carboxylic acids is 3. The zero-order valence-corrected chi connectivity index (χ0v) is 22.3. The van der Waals surface area contributed by atoms with Crippen molar-refractivity contribution >= 4 is 52.3 Å². The number of hydrogen-bond donors (Lipinski definition) is 7. The van der Waals surface area contributed by atoms with Crippen molar-refractivity contribution in [1.29, 1.82) is 0 Å². The number of amides is 3. The molecule has 0 aliphatic carbocycles. The molecule has 1 heterocycles. The average molecular weight is 550 g/mol. The number of carboxylic acid groups (broad SMARTS) is 2. The molecule has 0 saturated heterocycles. The average Bonchev–Trinajstić information content (AvgIpc) is 3.26. The lowest BCUT2D eigenvalue weighted by molar-refractivity contribution is -0.144. The molecule has 4 unspecified atom stereocenters. The maximum absolute atomic E-state index is 13.1. The molecule has 0 aliphatic heterocycles. The molecule has 0 radical (unpaired) electrons. The maximum atomic E-state index is 13.1. The first-order chi connectivity index (χ1) is 17.9. The fourth-order valence-corrected chi connectivity index (χ4v) is 4.31. The summed E-state index contributed by atoms with van der Waals surface area (Å²) in [6, 6.07) is 2.68. The Morgan fingerprint density at radius 2 is 1.61 bits per heavy atom. The van der Waals surface area contributed by atoms with Crippen LogP contribution in [0.5, 0.6) is 0 Å². The molecule has 1 aromatic carbocycles. The number of benzene rings is 1. The fraction of sp³-hybridized carbons (Fsp3) is 0.480. The highest BCUT2D eigenvalue weighted by Crippen LogP contribution is 2.19.